The molecule has 4 aromatic rings. The van der Waals surface area contributed by atoms with Gasteiger partial charge in [-0.05, 0) is 28.7 Å². The van der Waals surface area contributed by atoms with E-state index in [1.54, 1.807) is 7.05 Å². The molecule has 0 saturated carbocycles. The van der Waals surface area contributed by atoms with Crippen molar-refractivity contribution >= 4 is 32.7 Å². The first-order chi connectivity index (χ1) is 15.4. The Balaban J connectivity index is 1.94. The molecule has 32 heavy (non-hydrogen) atoms. The van der Waals surface area contributed by atoms with Crippen LogP contribution >= 0.6 is 0 Å². The molecule has 0 aliphatic carbocycles. The lowest BCUT2D eigenvalue weighted by atomic mass is 10.0. The van der Waals surface area contributed by atoms with Crippen molar-refractivity contribution in [3.8, 4) is 0 Å². The van der Waals surface area contributed by atoms with Crippen LogP contribution in [0.1, 0.15) is 31.5 Å². The molecule has 0 bridgehead atoms. The summed E-state index contributed by atoms with van der Waals surface area (Å²) in [6.45, 7) is 4.70. The molecule has 0 spiro atoms. The number of aliphatic hydroxyl groups is 1. The summed E-state index contributed by atoms with van der Waals surface area (Å²) in [6, 6.07) is 14.4. The van der Waals surface area contributed by atoms with E-state index in [0.717, 1.165) is 33.8 Å². The fourth-order valence-electron chi connectivity index (χ4n) is 4.21. The summed E-state index contributed by atoms with van der Waals surface area (Å²) in [4.78, 5) is 13.1. The van der Waals surface area contributed by atoms with Crippen molar-refractivity contribution in [1.82, 2.24) is 14.3 Å². The SMILES string of the molecule is CC(C)Cc1nn(C)c(=O)c2c([S+]([O-])CCCO)n(Cc3cccc4ccccc34)cc12. The van der Waals surface area contributed by atoms with E-state index >= 15 is 0 Å². The van der Waals surface area contributed by atoms with Gasteiger partial charge in [0.25, 0.3) is 5.56 Å². The third-order valence-corrected chi connectivity index (χ3v) is 7.17. The van der Waals surface area contributed by atoms with E-state index in [1.165, 1.54) is 4.68 Å². The Kier molecular flexibility index (Phi) is 6.69. The van der Waals surface area contributed by atoms with Crippen molar-refractivity contribution in [2.24, 2.45) is 13.0 Å². The van der Waals surface area contributed by atoms with Gasteiger partial charge in [-0.25, -0.2) is 4.68 Å². The number of hydrogen-bond acceptors (Lipinski definition) is 4. The highest BCUT2D eigenvalue weighted by molar-refractivity contribution is 7.91. The molecule has 0 aliphatic heterocycles. The highest BCUT2D eigenvalue weighted by Crippen LogP contribution is 2.29. The molecule has 0 aliphatic rings. The minimum Gasteiger partial charge on any atom is -0.610 e. The summed E-state index contributed by atoms with van der Waals surface area (Å²) in [6.07, 6.45) is 3.08. The lowest BCUT2D eigenvalue weighted by molar-refractivity contribution is 0.295. The average molecular weight is 452 g/mol. The number of hydrogen-bond donors (Lipinski definition) is 1. The first-order valence-electron chi connectivity index (χ1n) is 11.0. The van der Waals surface area contributed by atoms with E-state index in [0.29, 0.717) is 35.0 Å². The first-order valence-corrected chi connectivity index (χ1v) is 12.3. The van der Waals surface area contributed by atoms with Gasteiger partial charge in [0.1, 0.15) is 11.1 Å². The van der Waals surface area contributed by atoms with Gasteiger partial charge in [0.05, 0.1) is 12.2 Å². The summed E-state index contributed by atoms with van der Waals surface area (Å²) in [7, 11) is 1.65. The number of aromatic nitrogens is 3. The van der Waals surface area contributed by atoms with Crippen molar-refractivity contribution in [3.05, 3.63) is 70.3 Å². The van der Waals surface area contributed by atoms with Crippen LogP contribution in [0.15, 0.2) is 58.5 Å². The lowest BCUT2D eigenvalue weighted by Gasteiger charge is -2.14. The lowest BCUT2D eigenvalue weighted by Crippen LogP contribution is -2.24. The van der Waals surface area contributed by atoms with Gasteiger partial charge in [-0.2, -0.15) is 5.10 Å². The summed E-state index contributed by atoms with van der Waals surface area (Å²) in [5, 5.41) is 17.8. The van der Waals surface area contributed by atoms with E-state index in [-0.39, 0.29) is 12.2 Å². The van der Waals surface area contributed by atoms with Crippen LogP contribution in [0.25, 0.3) is 21.5 Å². The van der Waals surface area contributed by atoms with E-state index in [2.05, 4.69) is 43.2 Å². The molecule has 0 fully saturated rings. The van der Waals surface area contributed by atoms with Gasteiger partial charge in [-0.1, -0.05) is 56.3 Å². The van der Waals surface area contributed by atoms with Gasteiger partial charge in [0.2, 0.25) is 5.03 Å². The minimum atomic E-state index is -1.42. The second-order valence-electron chi connectivity index (χ2n) is 8.59. The Hall–Kier alpha value is -2.61. The van der Waals surface area contributed by atoms with Gasteiger partial charge < -0.3 is 14.2 Å². The zero-order valence-corrected chi connectivity index (χ0v) is 19.6. The predicted molar refractivity (Wildman–Crippen MR) is 130 cm³/mol. The van der Waals surface area contributed by atoms with E-state index in [4.69, 9.17) is 0 Å². The average Bonchev–Trinajstić information content (AvgIpc) is 3.15. The zero-order chi connectivity index (χ0) is 22.8. The van der Waals surface area contributed by atoms with E-state index in [9.17, 15) is 14.5 Å². The number of aryl methyl sites for hydroxylation is 1. The summed E-state index contributed by atoms with van der Waals surface area (Å²) >= 11 is -1.42. The number of rotatable bonds is 8. The molecular formula is C25H29N3O3S. The maximum absolute atomic E-state index is 13.4. The largest absolute Gasteiger partial charge is 0.610 e. The normalized spacial score (nSPS) is 12.8. The zero-order valence-electron chi connectivity index (χ0n) is 18.7. The molecule has 0 radical (unpaired) electrons. The van der Waals surface area contributed by atoms with Crippen LogP contribution in [0, 0.1) is 5.92 Å². The van der Waals surface area contributed by atoms with Crippen LogP contribution < -0.4 is 5.56 Å². The first kappa shape index (κ1) is 22.6. The third-order valence-electron chi connectivity index (χ3n) is 5.64. The summed E-state index contributed by atoms with van der Waals surface area (Å²) in [5.41, 5.74) is 1.70. The molecule has 2 heterocycles. The van der Waals surface area contributed by atoms with Crippen LogP contribution in [0.3, 0.4) is 0 Å². The molecule has 1 N–H and O–H groups in total. The third kappa shape index (κ3) is 4.33. The maximum atomic E-state index is 13.4. The molecule has 0 saturated heterocycles. The fraction of sp³-hybridized carbons (Fsp3) is 0.360. The molecule has 1 atom stereocenters. The van der Waals surface area contributed by atoms with Crippen LogP contribution in [0.4, 0.5) is 0 Å². The number of fused-ring (bicyclic) bond motifs is 2. The second kappa shape index (κ2) is 9.48. The topological polar surface area (TPSA) is 83.1 Å². The van der Waals surface area contributed by atoms with Crippen molar-refractivity contribution in [2.45, 2.75) is 38.3 Å². The molecular weight excluding hydrogens is 422 g/mol. The van der Waals surface area contributed by atoms with Crippen LogP contribution in [0.5, 0.6) is 0 Å². The standard InChI is InChI=1S/C25H29N3O3S/c1-17(2)14-22-21-16-28(15-19-10-6-9-18-8-4-5-11-20(18)19)25(32(31)13-7-12-29)23(21)24(30)27(3)26-22/h4-6,8-11,16-17,29H,7,12-15H2,1-3H3. The highest BCUT2D eigenvalue weighted by Gasteiger charge is 2.27. The Bertz CT molecular complexity index is 1300. The Morgan fingerprint density at radius 3 is 2.62 bits per heavy atom. The number of benzene rings is 2. The molecule has 2 aromatic heterocycles. The predicted octanol–water partition coefficient (Wildman–Crippen LogP) is 3.63. The molecule has 2 aromatic carbocycles. The van der Waals surface area contributed by atoms with Crippen molar-refractivity contribution in [3.63, 3.8) is 0 Å². The minimum absolute atomic E-state index is 0.0358. The number of nitrogens with zero attached hydrogens (tertiary/aromatic N) is 3. The molecule has 168 valence electrons. The van der Waals surface area contributed by atoms with E-state index in [1.807, 2.05) is 29.0 Å². The Morgan fingerprint density at radius 1 is 1.12 bits per heavy atom. The van der Waals surface area contributed by atoms with Crippen molar-refractivity contribution < 1.29 is 9.66 Å². The monoisotopic (exact) mass is 451 g/mol. The van der Waals surface area contributed by atoms with Gasteiger partial charge in [-0.3, -0.25) is 4.79 Å². The van der Waals surface area contributed by atoms with Crippen LogP contribution in [-0.2, 0) is 31.2 Å². The number of aliphatic hydroxyl groups excluding tert-OH is 1. The molecule has 1 unspecified atom stereocenters. The maximum Gasteiger partial charge on any atom is 0.281 e. The van der Waals surface area contributed by atoms with Gasteiger partial charge in [0.15, 0.2) is 0 Å². The van der Waals surface area contributed by atoms with Crippen molar-refractivity contribution in [2.75, 3.05) is 12.4 Å². The van der Waals surface area contributed by atoms with Gasteiger partial charge >= 0.3 is 0 Å². The van der Waals surface area contributed by atoms with Crippen molar-refractivity contribution in [1.29, 1.82) is 0 Å². The van der Waals surface area contributed by atoms with Crippen LogP contribution in [-0.4, -0.2) is 36.4 Å². The highest BCUT2D eigenvalue weighted by atomic mass is 32.2. The summed E-state index contributed by atoms with van der Waals surface area (Å²) in [5.74, 6) is 0.670. The Labute approximate surface area is 190 Å². The van der Waals surface area contributed by atoms with E-state index < -0.39 is 11.2 Å². The summed E-state index contributed by atoms with van der Waals surface area (Å²) < 4.78 is 16.7. The molecule has 4 rings (SSSR count). The van der Waals surface area contributed by atoms with Gasteiger partial charge in [-0.15, -0.1) is 0 Å². The fourth-order valence-corrected chi connectivity index (χ4v) is 5.60. The van der Waals surface area contributed by atoms with Gasteiger partial charge in [0, 0.05) is 42.8 Å². The van der Waals surface area contributed by atoms with Crippen LogP contribution in [0.2, 0.25) is 0 Å². The quantitative estimate of drug-likeness (QED) is 0.415. The Morgan fingerprint density at radius 2 is 1.88 bits per heavy atom. The molecule has 0 amide bonds. The smallest absolute Gasteiger partial charge is 0.281 e. The second-order valence-corrected chi connectivity index (χ2v) is 10.1. The molecule has 6 nitrogen and oxygen atoms in total. The molecule has 7 heteroatoms.